The summed E-state index contributed by atoms with van der Waals surface area (Å²) in [7, 11) is 0. The summed E-state index contributed by atoms with van der Waals surface area (Å²) in [5.74, 6) is -1.14. The van der Waals surface area contributed by atoms with Crippen molar-refractivity contribution in [3.8, 4) is 0 Å². The molecule has 0 aromatic rings. The normalized spacial score (nSPS) is 40.0. The molecule has 0 amide bonds. The molecular formula is C5H9NO4. The third-order valence-corrected chi connectivity index (χ3v) is 1.55. The Labute approximate surface area is 57.3 Å². The number of aliphatic hydroxyl groups is 2. The van der Waals surface area contributed by atoms with Crippen LogP contribution >= 0.6 is 0 Å². The van der Waals surface area contributed by atoms with Crippen molar-refractivity contribution in [3.05, 3.63) is 0 Å². The predicted octanol–water partition coefficient (Wildman–Crippen LogP) is -2.24. The summed E-state index contributed by atoms with van der Waals surface area (Å²) in [5, 5.41) is 28.6. The summed E-state index contributed by atoms with van der Waals surface area (Å²) in [6, 6.07) is -1.02. The number of hydrogen-bond donors (Lipinski definition) is 4. The molecule has 3 atom stereocenters. The average molecular weight is 147 g/mol. The zero-order chi connectivity index (χ0) is 7.72. The van der Waals surface area contributed by atoms with Crippen molar-refractivity contribution < 1.29 is 20.1 Å². The third-order valence-electron chi connectivity index (χ3n) is 1.55. The van der Waals surface area contributed by atoms with Gasteiger partial charge in [0.1, 0.15) is 12.1 Å². The maximum absolute atomic E-state index is 10.2. The Morgan fingerprint density at radius 1 is 1.50 bits per heavy atom. The first-order chi connectivity index (χ1) is 4.63. The summed E-state index contributed by atoms with van der Waals surface area (Å²) >= 11 is 0. The second kappa shape index (κ2) is 2.53. The van der Waals surface area contributed by atoms with Crippen molar-refractivity contribution in [1.82, 2.24) is 5.32 Å². The minimum atomic E-state index is -1.18. The topological polar surface area (TPSA) is 89.8 Å². The van der Waals surface area contributed by atoms with Crippen molar-refractivity contribution in [1.29, 1.82) is 0 Å². The number of carboxylic acids is 1. The lowest BCUT2D eigenvalue weighted by Gasteiger charge is -2.09. The fraction of sp³-hybridized carbons (Fsp3) is 0.800. The van der Waals surface area contributed by atoms with Gasteiger partial charge >= 0.3 is 5.97 Å². The smallest absolute Gasteiger partial charge is 0.323 e. The van der Waals surface area contributed by atoms with E-state index in [1.165, 1.54) is 0 Å². The Kier molecular flexibility index (Phi) is 1.89. The van der Waals surface area contributed by atoms with E-state index in [0.717, 1.165) is 0 Å². The second-order valence-corrected chi connectivity index (χ2v) is 2.28. The van der Waals surface area contributed by atoms with Gasteiger partial charge in [0.05, 0.1) is 6.10 Å². The molecule has 4 N–H and O–H groups in total. The van der Waals surface area contributed by atoms with E-state index in [1.807, 2.05) is 0 Å². The predicted molar refractivity (Wildman–Crippen MR) is 31.4 cm³/mol. The minimum absolute atomic E-state index is 0.137. The number of carbonyl (C=O) groups is 1. The molecular weight excluding hydrogens is 138 g/mol. The molecule has 1 rings (SSSR count). The van der Waals surface area contributed by atoms with E-state index < -0.39 is 24.2 Å². The number of aliphatic hydroxyl groups excluding tert-OH is 2. The highest BCUT2D eigenvalue weighted by atomic mass is 16.4. The van der Waals surface area contributed by atoms with E-state index in [9.17, 15) is 4.79 Å². The molecule has 5 heteroatoms. The average Bonchev–Trinajstić information content (AvgIpc) is 2.14. The molecule has 1 unspecified atom stereocenters. The Bertz CT molecular complexity index is 149. The van der Waals surface area contributed by atoms with E-state index in [1.54, 1.807) is 0 Å². The van der Waals surface area contributed by atoms with Crippen LogP contribution in [0.5, 0.6) is 0 Å². The zero-order valence-electron chi connectivity index (χ0n) is 5.19. The van der Waals surface area contributed by atoms with Crippen molar-refractivity contribution >= 4 is 5.97 Å². The molecule has 1 heterocycles. The van der Waals surface area contributed by atoms with E-state index in [-0.39, 0.29) is 6.54 Å². The molecule has 0 aromatic carbocycles. The van der Waals surface area contributed by atoms with Crippen LogP contribution < -0.4 is 5.32 Å². The Balaban J connectivity index is 2.57. The number of β-amino-alcohol motifs (C(OH)–C–C–N with tert-alkyl or cyclic N) is 1. The monoisotopic (exact) mass is 147 g/mol. The third kappa shape index (κ3) is 1.11. The quantitative estimate of drug-likeness (QED) is 0.337. The Morgan fingerprint density at radius 3 is 2.30 bits per heavy atom. The van der Waals surface area contributed by atoms with Gasteiger partial charge in [-0.1, -0.05) is 0 Å². The van der Waals surface area contributed by atoms with Gasteiger partial charge in [-0.05, 0) is 0 Å². The summed E-state index contributed by atoms with van der Waals surface area (Å²) in [6.07, 6.45) is -2.14. The maximum Gasteiger partial charge on any atom is 0.323 e. The van der Waals surface area contributed by atoms with Gasteiger partial charge in [0.25, 0.3) is 0 Å². The van der Waals surface area contributed by atoms with Gasteiger partial charge in [-0.2, -0.15) is 0 Å². The van der Waals surface area contributed by atoms with Gasteiger partial charge < -0.3 is 15.3 Å². The molecule has 10 heavy (non-hydrogen) atoms. The van der Waals surface area contributed by atoms with Crippen LogP contribution in [0.4, 0.5) is 0 Å². The maximum atomic E-state index is 10.2. The van der Waals surface area contributed by atoms with Gasteiger partial charge in [0, 0.05) is 6.54 Å². The van der Waals surface area contributed by atoms with Crippen molar-refractivity contribution in [2.45, 2.75) is 18.2 Å². The highest BCUT2D eigenvalue weighted by Gasteiger charge is 2.37. The van der Waals surface area contributed by atoms with Crippen LogP contribution in [0, 0.1) is 0 Å². The van der Waals surface area contributed by atoms with Crippen LogP contribution in [0.1, 0.15) is 0 Å². The lowest BCUT2D eigenvalue weighted by Crippen LogP contribution is -2.39. The molecule has 0 aromatic heterocycles. The fourth-order valence-corrected chi connectivity index (χ4v) is 0.945. The molecule has 0 aliphatic carbocycles. The SMILES string of the molecule is O=C(O)[C@H]1NC[C@H](O)C1O. The van der Waals surface area contributed by atoms with Gasteiger partial charge in [-0.25, -0.2) is 0 Å². The summed E-state index contributed by atoms with van der Waals surface area (Å²) in [5.41, 5.74) is 0. The first kappa shape index (κ1) is 7.46. The molecule has 1 aliphatic heterocycles. The molecule has 5 nitrogen and oxygen atoms in total. The largest absolute Gasteiger partial charge is 0.480 e. The minimum Gasteiger partial charge on any atom is -0.480 e. The van der Waals surface area contributed by atoms with Crippen molar-refractivity contribution in [2.24, 2.45) is 0 Å². The van der Waals surface area contributed by atoms with E-state index >= 15 is 0 Å². The lowest BCUT2D eigenvalue weighted by atomic mass is 10.1. The van der Waals surface area contributed by atoms with Crippen LogP contribution in [0.25, 0.3) is 0 Å². The van der Waals surface area contributed by atoms with Crippen molar-refractivity contribution in [2.75, 3.05) is 6.54 Å². The van der Waals surface area contributed by atoms with Crippen LogP contribution in [0.2, 0.25) is 0 Å². The van der Waals surface area contributed by atoms with Gasteiger partial charge in [-0.15, -0.1) is 0 Å². The second-order valence-electron chi connectivity index (χ2n) is 2.28. The first-order valence-corrected chi connectivity index (χ1v) is 2.95. The molecule has 58 valence electrons. The Morgan fingerprint density at radius 2 is 2.10 bits per heavy atom. The van der Waals surface area contributed by atoms with Crippen molar-refractivity contribution in [3.63, 3.8) is 0 Å². The standard InChI is InChI=1S/C5H9NO4/c7-2-1-6-3(4(2)8)5(9)10/h2-4,6-8H,1H2,(H,9,10)/t2-,3-,4?/m0/s1. The van der Waals surface area contributed by atoms with Crippen LogP contribution in [-0.2, 0) is 4.79 Å². The molecule has 0 saturated carbocycles. The summed E-state index contributed by atoms with van der Waals surface area (Å²) in [6.45, 7) is 0.137. The van der Waals surface area contributed by atoms with Gasteiger partial charge in [0.2, 0.25) is 0 Å². The van der Waals surface area contributed by atoms with Crippen LogP contribution in [-0.4, -0.2) is 46.1 Å². The van der Waals surface area contributed by atoms with Crippen LogP contribution in [0.15, 0.2) is 0 Å². The molecule has 0 bridgehead atoms. The molecule has 0 spiro atoms. The summed E-state index contributed by atoms with van der Waals surface area (Å²) in [4.78, 5) is 10.2. The van der Waals surface area contributed by atoms with E-state index in [0.29, 0.717) is 0 Å². The molecule has 1 saturated heterocycles. The molecule has 1 aliphatic rings. The molecule has 1 fully saturated rings. The number of aliphatic carboxylic acids is 1. The highest BCUT2D eigenvalue weighted by molar-refractivity contribution is 5.74. The zero-order valence-corrected chi connectivity index (χ0v) is 5.19. The first-order valence-electron chi connectivity index (χ1n) is 2.95. The van der Waals surface area contributed by atoms with E-state index in [4.69, 9.17) is 15.3 Å². The lowest BCUT2D eigenvalue weighted by molar-refractivity contribution is -0.142. The molecule has 0 radical (unpaired) electrons. The highest BCUT2D eigenvalue weighted by Crippen LogP contribution is 2.06. The van der Waals surface area contributed by atoms with Gasteiger partial charge in [0.15, 0.2) is 0 Å². The summed E-state index contributed by atoms with van der Waals surface area (Å²) < 4.78 is 0. The Hall–Kier alpha value is -0.650. The van der Waals surface area contributed by atoms with Crippen LogP contribution in [0.3, 0.4) is 0 Å². The number of carboxylic acid groups (broad SMARTS) is 1. The van der Waals surface area contributed by atoms with E-state index in [2.05, 4.69) is 5.32 Å². The number of rotatable bonds is 1. The number of nitrogens with one attached hydrogen (secondary N) is 1. The number of hydrogen-bond acceptors (Lipinski definition) is 4. The van der Waals surface area contributed by atoms with Gasteiger partial charge in [-0.3, -0.25) is 10.1 Å². The fourth-order valence-electron chi connectivity index (χ4n) is 0.945.